The first-order valence-corrected chi connectivity index (χ1v) is 9.05. The highest BCUT2D eigenvalue weighted by Crippen LogP contribution is 2.30. The molecule has 0 radical (unpaired) electrons. The van der Waals surface area contributed by atoms with Gasteiger partial charge < -0.3 is 9.15 Å². The molecule has 0 saturated heterocycles. The second-order valence-electron chi connectivity index (χ2n) is 6.20. The molecular formula is C18H15F4N3O3S. The number of anilines is 1. The number of benzene rings is 1. The number of carbonyl (C=O) groups excluding carboxylic acids is 1. The van der Waals surface area contributed by atoms with Gasteiger partial charge in [-0.25, -0.2) is 13.8 Å². The number of ether oxygens (including phenoxy) is 1. The van der Waals surface area contributed by atoms with Crippen molar-refractivity contribution in [3.63, 3.8) is 0 Å². The van der Waals surface area contributed by atoms with Crippen LogP contribution in [-0.2, 0) is 6.42 Å². The van der Waals surface area contributed by atoms with E-state index in [0.29, 0.717) is 16.9 Å². The summed E-state index contributed by atoms with van der Waals surface area (Å²) in [5, 5.41) is 2.49. The van der Waals surface area contributed by atoms with Crippen LogP contribution in [0.5, 0.6) is 5.75 Å². The molecule has 1 N–H and O–H groups in total. The molecule has 0 aliphatic carbocycles. The Hall–Kier alpha value is -2.95. The van der Waals surface area contributed by atoms with Gasteiger partial charge in [-0.2, -0.15) is 13.2 Å². The van der Waals surface area contributed by atoms with Crippen LogP contribution in [0.2, 0.25) is 0 Å². The Morgan fingerprint density at radius 1 is 1.34 bits per heavy atom. The number of carbonyl (C=O) groups is 1. The maximum atomic E-state index is 13.0. The largest absolute Gasteiger partial charge is 0.456 e. The Balaban J connectivity index is 1.75. The molecule has 2 aromatic heterocycles. The van der Waals surface area contributed by atoms with Crippen LogP contribution in [0.25, 0.3) is 11.1 Å². The standard InChI is InChI=1S/C18H15F4N3O3S/c1-9-12(10-4-3-5-11(6-10)28-16(19)20)7-13(27-9)15(26)24-17-23-14(25-29-17)8-18(2,21)22/h3-7,16H,8H2,1-2H3,(H,23,24,25,26). The number of alkyl halides is 4. The molecule has 0 atom stereocenters. The lowest BCUT2D eigenvalue weighted by atomic mass is 10.1. The summed E-state index contributed by atoms with van der Waals surface area (Å²) >= 11 is 0.773. The average molecular weight is 429 g/mol. The Morgan fingerprint density at radius 2 is 2.10 bits per heavy atom. The minimum atomic E-state index is -2.96. The quantitative estimate of drug-likeness (QED) is 0.525. The zero-order valence-electron chi connectivity index (χ0n) is 15.2. The highest BCUT2D eigenvalue weighted by molar-refractivity contribution is 7.09. The van der Waals surface area contributed by atoms with Gasteiger partial charge in [0, 0.05) is 17.1 Å². The summed E-state index contributed by atoms with van der Waals surface area (Å²) in [6.45, 7) is -0.596. The molecule has 6 nitrogen and oxygen atoms in total. The molecular weight excluding hydrogens is 414 g/mol. The number of amides is 1. The van der Waals surface area contributed by atoms with E-state index in [1.54, 1.807) is 13.0 Å². The van der Waals surface area contributed by atoms with Crippen LogP contribution in [0.3, 0.4) is 0 Å². The summed E-state index contributed by atoms with van der Waals surface area (Å²) in [5.74, 6) is -3.39. The lowest BCUT2D eigenvalue weighted by Crippen LogP contribution is -2.15. The number of nitrogens with zero attached hydrogens (tertiary/aromatic N) is 2. The average Bonchev–Trinajstić information content (AvgIpc) is 3.19. The van der Waals surface area contributed by atoms with Gasteiger partial charge in [0.1, 0.15) is 11.5 Å². The van der Waals surface area contributed by atoms with E-state index in [4.69, 9.17) is 4.42 Å². The van der Waals surface area contributed by atoms with Crippen molar-refractivity contribution in [2.75, 3.05) is 5.32 Å². The first-order valence-electron chi connectivity index (χ1n) is 8.28. The van der Waals surface area contributed by atoms with E-state index >= 15 is 0 Å². The second kappa shape index (κ2) is 8.19. The molecule has 29 heavy (non-hydrogen) atoms. The van der Waals surface area contributed by atoms with Crippen LogP contribution in [0.15, 0.2) is 34.7 Å². The topological polar surface area (TPSA) is 77.3 Å². The molecule has 0 saturated carbocycles. The van der Waals surface area contributed by atoms with Gasteiger partial charge in [0.05, 0.1) is 6.42 Å². The molecule has 0 aliphatic rings. The van der Waals surface area contributed by atoms with Crippen LogP contribution in [0.1, 0.15) is 29.1 Å². The van der Waals surface area contributed by atoms with Gasteiger partial charge in [0.2, 0.25) is 5.13 Å². The van der Waals surface area contributed by atoms with E-state index in [0.717, 1.165) is 18.5 Å². The molecule has 0 fully saturated rings. The zero-order valence-corrected chi connectivity index (χ0v) is 16.0. The van der Waals surface area contributed by atoms with Gasteiger partial charge in [-0.15, -0.1) is 0 Å². The van der Waals surface area contributed by atoms with Crippen LogP contribution < -0.4 is 10.1 Å². The molecule has 154 valence electrons. The summed E-state index contributed by atoms with van der Waals surface area (Å²) in [6, 6.07) is 7.40. The lowest BCUT2D eigenvalue weighted by Gasteiger charge is -2.06. The Kier molecular flexibility index (Phi) is 5.87. The number of rotatable bonds is 7. The Morgan fingerprint density at radius 3 is 2.79 bits per heavy atom. The summed E-state index contributed by atoms with van der Waals surface area (Å²) in [4.78, 5) is 16.2. The molecule has 0 aliphatic heterocycles. The molecule has 0 bridgehead atoms. The fraction of sp³-hybridized carbons (Fsp3) is 0.278. The summed E-state index contributed by atoms with van der Waals surface area (Å²) in [5.41, 5.74) is 1.03. The highest BCUT2D eigenvalue weighted by atomic mass is 32.1. The minimum Gasteiger partial charge on any atom is -0.456 e. The van der Waals surface area contributed by atoms with Crippen molar-refractivity contribution in [3.05, 3.63) is 47.7 Å². The minimum absolute atomic E-state index is 0.0294. The SMILES string of the molecule is Cc1oc(C(=O)Nc2nc(CC(C)(F)F)ns2)cc1-c1cccc(OC(F)F)c1. The van der Waals surface area contributed by atoms with Crippen molar-refractivity contribution in [2.45, 2.75) is 32.8 Å². The smallest absolute Gasteiger partial charge is 0.387 e. The molecule has 2 heterocycles. The van der Waals surface area contributed by atoms with Gasteiger partial charge in [-0.05, 0) is 37.6 Å². The van der Waals surface area contributed by atoms with E-state index in [2.05, 4.69) is 19.4 Å². The normalized spacial score (nSPS) is 11.7. The van der Waals surface area contributed by atoms with Crippen LogP contribution in [0, 0.1) is 6.92 Å². The second-order valence-corrected chi connectivity index (χ2v) is 6.96. The number of hydrogen-bond donors (Lipinski definition) is 1. The lowest BCUT2D eigenvalue weighted by molar-refractivity contribution is -0.0498. The van der Waals surface area contributed by atoms with Crippen molar-refractivity contribution in [1.82, 2.24) is 9.36 Å². The fourth-order valence-electron chi connectivity index (χ4n) is 2.53. The van der Waals surface area contributed by atoms with Gasteiger partial charge in [0.15, 0.2) is 11.6 Å². The van der Waals surface area contributed by atoms with Gasteiger partial charge in [0.25, 0.3) is 11.8 Å². The fourth-order valence-corrected chi connectivity index (χ4v) is 3.12. The monoisotopic (exact) mass is 429 g/mol. The molecule has 0 spiro atoms. The van der Waals surface area contributed by atoms with E-state index in [1.807, 2.05) is 0 Å². The molecule has 1 aromatic carbocycles. The van der Waals surface area contributed by atoms with Crippen LogP contribution in [-0.4, -0.2) is 27.8 Å². The third-order valence-electron chi connectivity index (χ3n) is 3.67. The van der Waals surface area contributed by atoms with E-state index in [1.165, 1.54) is 24.3 Å². The predicted molar refractivity (Wildman–Crippen MR) is 97.7 cm³/mol. The summed E-state index contributed by atoms with van der Waals surface area (Å²) < 4.78 is 64.4. The van der Waals surface area contributed by atoms with Crippen LogP contribution >= 0.6 is 11.5 Å². The van der Waals surface area contributed by atoms with Gasteiger partial charge in [-0.3, -0.25) is 10.1 Å². The third-order valence-corrected chi connectivity index (χ3v) is 4.34. The first kappa shape index (κ1) is 20.8. The maximum absolute atomic E-state index is 13.0. The predicted octanol–water partition coefficient (Wildman–Crippen LogP) is 5.16. The Labute approximate surface area is 166 Å². The number of nitrogens with one attached hydrogen (secondary N) is 1. The molecule has 11 heteroatoms. The third kappa shape index (κ3) is 5.53. The zero-order chi connectivity index (χ0) is 21.2. The van der Waals surface area contributed by atoms with E-state index < -0.39 is 24.9 Å². The van der Waals surface area contributed by atoms with E-state index in [-0.39, 0.29) is 22.5 Å². The van der Waals surface area contributed by atoms with Gasteiger partial charge >= 0.3 is 6.61 Å². The van der Waals surface area contributed by atoms with Crippen molar-refractivity contribution >= 4 is 22.6 Å². The summed E-state index contributed by atoms with van der Waals surface area (Å²) in [6.07, 6.45) is -0.638. The number of aromatic nitrogens is 2. The van der Waals surface area contributed by atoms with Crippen molar-refractivity contribution < 1.29 is 31.5 Å². The molecule has 3 rings (SSSR count). The number of aryl methyl sites for hydroxylation is 1. The van der Waals surface area contributed by atoms with Gasteiger partial charge in [-0.1, -0.05) is 12.1 Å². The number of halogens is 4. The molecule has 3 aromatic rings. The molecule has 0 unspecified atom stereocenters. The Bertz CT molecular complexity index is 1010. The maximum Gasteiger partial charge on any atom is 0.387 e. The summed E-state index contributed by atoms with van der Waals surface area (Å²) in [7, 11) is 0. The van der Waals surface area contributed by atoms with Crippen LogP contribution in [0.4, 0.5) is 22.7 Å². The van der Waals surface area contributed by atoms with Crippen molar-refractivity contribution in [3.8, 4) is 16.9 Å². The highest BCUT2D eigenvalue weighted by Gasteiger charge is 2.25. The number of furan rings is 1. The first-order chi connectivity index (χ1) is 13.6. The van der Waals surface area contributed by atoms with E-state index in [9.17, 15) is 22.4 Å². The number of hydrogen-bond acceptors (Lipinski definition) is 6. The van der Waals surface area contributed by atoms with Crippen molar-refractivity contribution in [1.29, 1.82) is 0 Å². The molecule has 1 amide bonds. The van der Waals surface area contributed by atoms with Crippen molar-refractivity contribution in [2.24, 2.45) is 0 Å².